The van der Waals surface area contributed by atoms with Gasteiger partial charge in [-0.1, -0.05) is 6.07 Å². The van der Waals surface area contributed by atoms with Crippen LogP contribution < -0.4 is 5.32 Å². The molecular formula is C19H24N6O. The number of hydrogen-bond donors (Lipinski definition) is 1. The summed E-state index contributed by atoms with van der Waals surface area (Å²) in [6.07, 6.45) is 5.98. The maximum atomic E-state index is 12.4. The smallest absolute Gasteiger partial charge is 0.235 e. The minimum Gasteiger partial charge on any atom is -0.337 e. The number of nitrogens with zero attached hydrogens (tertiary/aromatic N) is 5. The minimum atomic E-state index is -0.712. The van der Waals surface area contributed by atoms with Crippen molar-refractivity contribution in [2.45, 2.75) is 44.1 Å². The first-order valence-electron chi connectivity index (χ1n) is 9.33. The highest BCUT2D eigenvalue weighted by atomic mass is 16.2. The van der Waals surface area contributed by atoms with E-state index in [1.807, 2.05) is 31.3 Å². The Bertz CT molecular complexity index is 843. The van der Waals surface area contributed by atoms with Crippen molar-refractivity contribution in [1.29, 1.82) is 5.26 Å². The second kappa shape index (κ2) is 6.69. The molecule has 1 N–H and O–H groups in total. The van der Waals surface area contributed by atoms with Crippen molar-refractivity contribution in [3.05, 3.63) is 30.2 Å². The molecule has 0 spiro atoms. The zero-order chi connectivity index (χ0) is 18.1. The normalized spacial score (nSPS) is 21.2. The van der Waals surface area contributed by atoms with Crippen LogP contribution in [0.2, 0.25) is 0 Å². The molecule has 7 heteroatoms. The Morgan fingerprint density at radius 3 is 2.77 bits per heavy atom. The van der Waals surface area contributed by atoms with E-state index in [0.717, 1.165) is 50.2 Å². The van der Waals surface area contributed by atoms with Crippen LogP contribution in [0.5, 0.6) is 0 Å². The summed E-state index contributed by atoms with van der Waals surface area (Å²) < 4.78 is 2.06. The number of aromatic nitrogens is 3. The van der Waals surface area contributed by atoms with Gasteiger partial charge in [-0.2, -0.15) is 5.26 Å². The molecule has 2 fully saturated rings. The van der Waals surface area contributed by atoms with E-state index in [1.165, 1.54) is 0 Å². The van der Waals surface area contributed by atoms with Crippen LogP contribution in [0.4, 0.5) is 0 Å². The van der Waals surface area contributed by atoms with Gasteiger partial charge in [-0.25, -0.2) is 0 Å². The number of carbonyl (C=O) groups is 1. The van der Waals surface area contributed by atoms with Crippen LogP contribution in [0.3, 0.4) is 0 Å². The first kappa shape index (κ1) is 17.0. The zero-order valence-electron chi connectivity index (χ0n) is 15.1. The monoisotopic (exact) mass is 352 g/mol. The van der Waals surface area contributed by atoms with Gasteiger partial charge in [0.25, 0.3) is 0 Å². The molecule has 1 saturated heterocycles. The van der Waals surface area contributed by atoms with E-state index in [1.54, 1.807) is 0 Å². The van der Waals surface area contributed by atoms with Gasteiger partial charge in [-0.05, 0) is 63.7 Å². The number of piperidine rings is 1. The molecule has 1 aliphatic heterocycles. The predicted molar refractivity (Wildman–Crippen MR) is 96.3 cm³/mol. The van der Waals surface area contributed by atoms with E-state index in [9.17, 15) is 10.1 Å². The van der Waals surface area contributed by atoms with E-state index >= 15 is 0 Å². The fourth-order valence-electron chi connectivity index (χ4n) is 3.90. The average molecular weight is 352 g/mol. The van der Waals surface area contributed by atoms with Gasteiger partial charge >= 0.3 is 0 Å². The van der Waals surface area contributed by atoms with E-state index in [-0.39, 0.29) is 5.91 Å². The Kier molecular flexibility index (Phi) is 4.37. The lowest BCUT2D eigenvalue weighted by molar-refractivity contribution is -0.123. The van der Waals surface area contributed by atoms with Crippen LogP contribution in [0.25, 0.3) is 5.65 Å². The van der Waals surface area contributed by atoms with Gasteiger partial charge in [0.1, 0.15) is 11.4 Å². The van der Waals surface area contributed by atoms with Gasteiger partial charge in [-0.15, -0.1) is 10.2 Å². The van der Waals surface area contributed by atoms with Crippen molar-refractivity contribution in [2.75, 3.05) is 19.6 Å². The summed E-state index contributed by atoms with van der Waals surface area (Å²) in [7, 11) is 0. The SMILES string of the molecule is CC(C#N)(NC(=O)CN1CCC(c2nnc3ccccn23)CC1)C1CC1. The van der Waals surface area contributed by atoms with Crippen molar-refractivity contribution in [3.63, 3.8) is 0 Å². The lowest BCUT2D eigenvalue weighted by Crippen LogP contribution is -2.51. The van der Waals surface area contributed by atoms with Crippen LogP contribution in [0.15, 0.2) is 24.4 Å². The Labute approximate surface area is 153 Å². The molecule has 1 amide bonds. The summed E-state index contributed by atoms with van der Waals surface area (Å²) in [6.45, 7) is 3.90. The van der Waals surface area contributed by atoms with Crippen molar-refractivity contribution in [1.82, 2.24) is 24.8 Å². The number of nitrogens with one attached hydrogen (secondary N) is 1. The molecule has 3 heterocycles. The van der Waals surface area contributed by atoms with Gasteiger partial charge in [0.15, 0.2) is 5.65 Å². The van der Waals surface area contributed by atoms with Crippen LogP contribution in [-0.2, 0) is 4.79 Å². The first-order valence-corrected chi connectivity index (χ1v) is 9.33. The molecule has 4 rings (SSSR count). The number of likely N-dealkylation sites (tertiary alicyclic amines) is 1. The number of rotatable bonds is 5. The third-order valence-electron chi connectivity index (χ3n) is 5.69. The Hall–Kier alpha value is -2.46. The summed E-state index contributed by atoms with van der Waals surface area (Å²) in [4.78, 5) is 14.5. The van der Waals surface area contributed by atoms with Crippen LogP contribution in [0.1, 0.15) is 44.3 Å². The number of amides is 1. The number of pyridine rings is 1. The predicted octanol–water partition coefficient (Wildman–Crippen LogP) is 1.72. The van der Waals surface area contributed by atoms with Gasteiger partial charge in [0, 0.05) is 12.1 Å². The molecule has 26 heavy (non-hydrogen) atoms. The number of carbonyl (C=O) groups excluding carboxylic acids is 1. The Balaban J connectivity index is 1.32. The van der Waals surface area contributed by atoms with Gasteiger partial charge in [0.2, 0.25) is 5.91 Å². The second-order valence-electron chi connectivity index (χ2n) is 7.67. The first-order chi connectivity index (χ1) is 12.6. The lowest BCUT2D eigenvalue weighted by Gasteiger charge is -2.31. The topological polar surface area (TPSA) is 86.3 Å². The van der Waals surface area contributed by atoms with Crippen molar-refractivity contribution in [2.24, 2.45) is 5.92 Å². The maximum absolute atomic E-state index is 12.4. The molecule has 2 aromatic heterocycles. The van der Waals surface area contributed by atoms with Gasteiger partial charge in [-0.3, -0.25) is 14.1 Å². The number of nitriles is 1. The van der Waals surface area contributed by atoms with Crippen LogP contribution in [0, 0.1) is 17.2 Å². The van der Waals surface area contributed by atoms with E-state index in [4.69, 9.17) is 0 Å². The number of hydrogen-bond acceptors (Lipinski definition) is 5. The summed E-state index contributed by atoms with van der Waals surface area (Å²) in [5.74, 6) is 1.63. The molecule has 2 aromatic rings. The Morgan fingerprint density at radius 2 is 2.08 bits per heavy atom. The molecule has 1 unspecified atom stereocenters. The van der Waals surface area contributed by atoms with Crippen LogP contribution in [-0.4, -0.2) is 50.6 Å². The molecule has 136 valence electrons. The fourth-order valence-corrected chi connectivity index (χ4v) is 3.90. The fraction of sp³-hybridized carbons (Fsp3) is 0.579. The summed E-state index contributed by atoms with van der Waals surface area (Å²) in [5, 5.41) is 20.9. The van der Waals surface area contributed by atoms with E-state index in [0.29, 0.717) is 18.4 Å². The van der Waals surface area contributed by atoms with Crippen LogP contribution >= 0.6 is 0 Å². The quantitative estimate of drug-likeness (QED) is 0.885. The van der Waals surface area contributed by atoms with Gasteiger partial charge in [0.05, 0.1) is 12.6 Å². The molecular weight excluding hydrogens is 328 g/mol. The standard InChI is InChI=1S/C19H24N6O/c1-19(13-20,15-5-6-15)21-17(26)12-24-10-7-14(8-11-24)18-23-22-16-4-2-3-9-25(16)18/h2-4,9,14-15H,5-8,10-12H2,1H3,(H,21,26). The highest BCUT2D eigenvalue weighted by Gasteiger charge is 2.43. The maximum Gasteiger partial charge on any atom is 0.235 e. The molecule has 1 atom stereocenters. The van der Waals surface area contributed by atoms with Crippen molar-refractivity contribution in [3.8, 4) is 6.07 Å². The second-order valence-corrected chi connectivity index (χ2v) is 7.67. The summed E-state index contributed by atoms with van der Waals surface area (Å²) in [5.41, 5.74) is 0.163. The minimum absolute atomic E-state index is 0.0488. The molecule has 0 aromatic carbocycles. The highest BCUT2D eigenvalue weighted by Crippen LogP contribution is 2.39. The van der Waals surface area contributed by atoms with Crippen molar-refractivity contribution >= 4 is 11.6 Å². The molecule has 7 nitrogen and oxygen atoms in total. The molecule has 2 aliphatic rings. The third kappa shape index (κ3) is 3.29. The Morgan fingerprint density at radius 1 is 1.31 bits per heavy atom. The molecule has 1 aliphatic carbocycles. The zero-order valence-corrected chi connectivity index (χ0v) is 15.1. The molecule has 1 saturated carbocycles. The number of fused-ring (bicyclic) bond motifs is 1. The largest absolute Gasteiger partial charge is 0.337 e. The van der Waals surface area contributed by atoms with Gasteiger partial charge < -0.3 is 5.32 Å². The van der Waals surface area contributed by atoms with E-state index in [2.05, 4.69) is 30.9 Å². The van der Waals surface area contributed by atoms with Crippen molar-refractivity contribution < 1.29 is 4.79 Å². The highest BCUT2D eigenvalue weighted by molar-refractivity contribution is 5.79. The molecule has 0 bridgehead atoms. The average Bonchev–Trinajstić information content (AvgIpc) is 3.43. The lowest BCUT2D eigenvalue weighted by atomic mass is 9.95. The summed E-state index contributed by atoms with van der Waals surface area (Å²) >= 11 is 0. The molecule has 0 radical (unpaired) electrons. The summed E-state index contributed by atoms with van der Waals surface area (Å²) in [6, 6.07) is 8.20. The van der Waals surface area contributed by atoms with E-state index < -0.39 is 5.54 Å². The third-order valence-corrected chi connectivity index (χ3v) is 5.69.